The summed E-state index contributed by atoms with van der Waals surface area (Å²) in [5.74, 6) is 0.335. The Bertz CT molecular complexity index is 636. The molecule has 2 aromatic rings. The lowest BCUT2D eigenvalue weighted by Gasteiger charge is -2.12. The van der Waals surface area contributed by atoms with Gasteiger partial charge in [0, 0.05) is 16.2 Å². The van der Waals surface area contributed by atoms with E-state index in [1.54, 1.807) is 25.3 Å². The van der Waals surface area contributed by atoms with Crippen molar-refractivity contribution in [2.24, 2.45) is 0 Å². The average Bonchev–Trinajstić information content (AvgIpc) is 2.42. The number of thiocarbonyl (C=S) groups is 1. The molecule has 0 heterocycles. The highest BCUT2D eigenvalue weighted by molar-refractivity contribution is 9.10. The van der Waals surface area contributed by atoms with Crippen LogP contribution in [0.3, 0.4) is 0 Å². The van der Waals surface area contributed by atoms with E-state index >= 15 is 0 Å². The molecule has 0 aromatic heterocycles. The molecule has 0 amide bonds. The third kappa shape index (κ3) is 3.91. The summed E-state index contributed by atoms with van der Waals surface area (Å²) in [6, 6.07) is 12.0. The maximum atomic E-state index is 13.7. The number of nitrogens with one attached hydrogen (secondary N) is 2. The van der Waals surface area contributed by atoms with Gasteiger partial charge in [0.15, 0.2) is 5.11 Å². The van der Waals surface area contributed by atoms with E-state index in [4.69, 9.17) is 17.0 Å². The number of ether oxygens (including phenoxy) is 1. The average molecular weight is 355 g/mol. The molecule has 6 heteroatoms. The third-order valence-electron chi connectivity index (χ3n) is 2.51. The molecule has 104 valence electrons. The van der Waals surface area contributed by atoms with Gasteiger partial charge in [-0.1, -0.05) is 22.0 Å². The van der Waals surface area contributed by atoms with Gasteiger partial charge in [0.2, 0.25) is 0 Å². The Balaban J connectivity index is 2.05. The van der Waals surface area contributed by atoms with Crippen LogP contribution < -0.4 is 15.4 Å². The summed E-state index contributed by atoms with van der Waals surface area (Å²) in [7, 11) is 1.59. The second-order valence-corrected chi connectivity index (χ2v) is 5.26. The lowest BCUT2D eigenvalue weighted by molar-refractivity contribution is 0.415. The molecule has 0 aliphatic rings. The van der Waals surface area contributed by atoms with Gasteiger partial charge in [0.1, 0.15) is 11.6 Å². The Morgan fingerprint density at radius 3 is 2.70 bits per heavy atom. The minimum absolute atomic E-state index is 0.305. The van der Waals surface area contributed by atoms with Gasteiger partial charge in [0.05, 0.1) is 12.8 Å². The minimum Gasteiger partial charge on any atom is -0.497 e. The van der Waals surface area contributed by atoms with Crippen molar-refractivity contribution in [3.05, 3.63) is 52.8 Å². The van der Waals surface area contributed by atoms with E-state index in [2.05, 4.69) is 26.6 Å². The summed E-state index contributed by atoms with van der Waals surface area (Å²) in [6.07, 6.45) is 0. The third-order valence-corrected chi connectivity index (χ3v) is 3.20. The number of benzene rings is 2. The van der Waals surface area contributed by atoms with E-state index in [-0.39, 0.29) is 5.82 Å². The molecule has 0 unspecified atom stereocenters. The summed E-state index contributed by atoms with van der Waals surface area (Å²) in [5, 5.41) is 6.08. The normalized spacial score (nSPS) is 9.95. The topological polar surface area (TPSA) is 33.3 Å². The van der Waals surface area contributed by atoms with Crippen molar-refractivity contribution in [1.29, 1.82) is 0 Å². The zero-order valence-corrected chi connectivity index (χ0v) is 13.0. The molecule has 0 aliphatic carbocycles. The standard InChI is InChI=1S/C14H12BrFN2OS/c1-19-11-4-2-3-10(8-11)17-14(20)18-13-6-5-9(15)7-12(13)16/h2-8H,1H3,(H2,17,18,20). The molecule has 0 radical (unpaired) electrons. The van der Waals surface area contributed by atoms with Crippen LogP contribution in [0.25, 0.3) is 0 Å². The van der Waals surface area contributed by atoms with Crippen molar-refractivity contribution in [3.8, 4) is 5.75 Å². The first-order chi connectivity index (χ1) is 9.58. The van der Waals surface area contributed by atoms with Crippen molar-refractivity contribution < 1.29 is 9.13 Å². The molecule has 0 fully saturated rings. The maximum Gasteiger partial charge on any atom is 0.175 e. The van der Waals surface area contributed by atoms with Crippen LogP contribution in [0, 0.1) is 5.82 Å². The highest BCUT2D eigenvalue weighted by Gasteiger charge is 2.05. The van der Waals surface area contributed by atoms with Gasteiger partial charge < -0.3 is 15.4 Å². The highest BCUT2D eigenvalue weighted by atomic mass is 79.9. The fraction of sp³-hybridized carbons (Fsp3) is 0.0714. The smallest absolute Gasteiger partial charge is 0.175 e. The van der Waals surface area contributed by atoms with E-state index < -0.39 is 0 Å². The molecular weight excluding hydrogens is 343 g/mol. The molecule has 2 rings (SSSR count). The van der Waals surface area contributed by atoms with E-state index in [0.717, 1.165) is 5.69 Å². The Hall–Kier alpha value is -1.66. The van der Waals surface area contributed by atoms with Gasteiger partial charge >= 0.3 is 0 Å². The van der Waals surface area contributed by atoms with Crippen LogP contribution in [0.1, 0.15) is 0 Å². The van der Waals surface area contributed by atoms with E-state index in [0.29, 0.717) is 21.0 Å². The zero-order chi connectivity index (χ0) is 14.5. The number of hydrogen-bond donors (Lipinski definition) is 2. The van der Waals surface area contributed by atoms with Gasteiger partial charge in [-0.25, -0.2) is 4.39 Å². The zero-order valence-electron chi connectivity index (χ0n) is 10.6. The molecule has 0 saturated carbocycles. The molecule has 0 bridgehead atoms. The fourth-order valence-corrected chi connectivity index (χ4v) is 2.14. The summed E-state index contributed by atoms with van der Waals surface area (Å²) >= 11 is 8.35. The summed E-state index contributed by atoms with van der Waals surface area (Å²) in [6.45, 7) is 0. The Morgan fingerprint density at radius 1 is 1.20 bits per heavy atom. The number of rotatable bonds is 3. The summed E-state index contributed by atoms with van der Waals surface area (Å²) in [4.78, 5) is 0. The number of anilines is 2. The first-order valence-corrected chi connectivity index (χ1v) is 6.96. The minimum atomic E-state index is -0.380. The van der Waals surface area contributed by atoms with E-state index in [1.807, 2.05) is 18.2 Å². The van der Waals surface area contributed by atoms with Gasteiger partial charge in [-0.3, -0.25) is 0 Å². The predicted molar refractivity (Wildman–Crippen MR) is 86.9 cm³/mol. The quantitative estimate of drug-likeness (QED) is 0.800. The first-order valence-electron chi connectivity index (χ1n) is 5.75. The van der Waals surface area contributed by atoms with E-state index in [1.165, 1.54) is 6.07 Å². The molecular formula is C14H12BrFN2OS. The fourth-order valence-electron chi connectivity index (χ4n) is 1.58. The second kappa shape index (κ2) is 6.67. The Kier molecular flexibility index (Phi) is 4.92. The second-order valence-electron chi connectivity index (χ2n) is 3.94. The van der Waals surface area contributed by atoms with Crippen LogP contribution in [0.5, 0.6) is 5.75 Å². The van der Waals surface area contributed by atoms with Crippen LogP contribution in [-0.4, -0.2) is 12.2 Å². The molecule has 2 N–H and O–H groups in total. The maximum absolute atomic E-state index is 13.7. The molecule has 0 spiro atoms. The van der Waals surface area contributed by atoms with Crippen molar-refractivity contribution in [1.82, 2.24) is 0 Å². The van der Waals surface area contributed by atoms with Crippen molar-refractivity contribution in [2.75, 3.05) is 17.7 Å². The molecule has 0 aliphatic heterocycles. The lowest BCUT2D eigenvalue weighted by Crippen LogP contribution is -2.19. The molecule has 2 aromatic carbocycles. The van der Waals surface area contributed by atoms with Crippen LogP contribution in [0.15, 0.2) is 46.9 Å². The number of methoxy groups -OCH3 is 1. The van der Waals surface area contributed by atoms with Crippen molar-refractivity contribution in [3.63, 3.8) is 0 Å². The predicted octanol–water partition coefficient (Wildman–Crippen LogP) is 4.41. The van der Waals surface area contributed by atoms with Gasteiger partial charge in [0.25, 0.3) is 0 Å². The van der Waals surface area contributed by atoms with Crippen LogP contribution in [0.2, 0.25) is 0 Å². The number of halogens is 2. The molecule has 3 nitrogen and oxygen atoms in total. The monoisotopic (exact) mass is 354 g/mol. The van der Waals surface area contributed by atoms with Gasteiger partial charge in [-0.2, -0.15) is 0 Å². The van der Waals surface area contributed by atoms with E-state index in [9.17, 15) is 4.39 Å². The molecule has 0 saturated heterocycles. The summed E-state index contributed by atoms with van der Waals surface area (Å²) < 4.78 is 19.5. The molecule has 0 atom stereocenters. The Labute approximate surface area is 130 Å². The van der Waals surface area contributed by atoms with Crippen LogP contribution in [0.4, 0.5) is 15.8 Å². The van der Waals surface area contributed by atoms with Crippen LogP contribution in [-0.2, 0) is 0 Å². The lowest BCUT2D eigenvalue weighted by atomic mass is 10.3. The van der Waals surface area contributed by atoms with Crippen molar-refractivity contribution in [2.45, 2.75) is 0 Å². The first kappa shape index (κ1) is 14.7. The van der Waals surface area contributed by atoms with Crippen molar-refractivity contribution >= 4 is 44.6 Å². The summed E-state index contributed by atoms with van der Waals surface area (Å²) in [5.41, 5.74) is 1.08. The SMILES string of the molecule is COc1cccc(NC(=S)Nc2ccc(Br)cc2F)c1. The highest BCUT2D eigenvalue weighted by Crippen LogP contribution is 2.20. The largest absolute Gasteiger partial charge is 0.497 e. The number of hydrogen-bond acceptors (Lipinski definition) is 2. The van der Waals surface area contributed by atoms with Gasteiger partial charge in [-0.15, -0.1) is 0 Å². The molecule has 20 heavy (non-hydrogen) atoms. The Morgan fingerprint density at radius 2 is 2.00 bits per heavy atom. The van der Waals surface area contributed by atoms with Gasteiger partial charge in [-0.05, 0) is 42.5 Å². The van der Waals surface area contributed by atoms with Crippen LogP contribution >= 0.6 is 28.1 Å².